The van der Waals surface area contributed by atoms with Crippen molar-refractivity contribution >= 4 is 15.4 Å². The Morgan fingerprint density at radius 2 is 1.73 bits per heavy atom. The highest BCUT2D eigenvalue weighted by Crippen LogP contribution is 2.02. The normalized spacial score (nSPS) is 8.55. The minimum atomic E-state index is 0.465. The SMILES string of the molecule is N#Cc1ccc([SiH3])cc1C#N. The van der Waals surface area contributed by atoms with E-state index in [1.54, 1.807) is 12.1 Å². The fraction of sp³-hybridized carbons (Fsp3) is 0. The van der Waals surface area contributed by atoms with Gasteiger partial charge >= 0.3 is 0 Å². The van der Waals surface area contributed by atoms with Crippen LogP contribution in [0.25, 0.3) is 0 Å². The van der Waals surface area contributed by atoms with E-state index in [-0.39, 0.29) is 0 Å². The van der Waals surface area contributed by atoms with Crippen molar-refractivity contribution in [3.8, 4) is 12.1 Å². The summed E-state index contributed by atoms with van der Waals surface area (Å²) < 4.78 is 0. The van der Waals surface area contributed by atoms with Gasteiger partial charge in [-0.1, -0.05) is 11.3 Å². The topological polar surface area (TPSA) is 47.6 Å². The van der Waals surface area contributed by atoms with Crippen molar-refractivity contribution in [3.05, 3.63) is 29.3 Å². The van der Waals surface area contributed by atoms with Gasteiger partial charge in [0.2, 0.25) is 0 Å². The van der Waals surface area contributed by atoms with E-state index in [0.29, 0.717) is 11.1 Å². The van der Waals surface area contributed by atoms with Crippen LogP contribution in [0.1, 0.15) is 11.1 Å². The molecule has 0 radical (unpaired) electrons. The quantitative estimate of drug-likeness (QED) is 0.474. The predicted molar refractivity (Wildman–Crippen MR) is 45.4 cm³/mol. The molecule has 0 N–H and O–H groups in total. The Morgan fingerprint density at radius 3 is 2.27 bits per heavy atom. The summed E-state index contributed by atoms with van der Waals surface area (Å²) in [6.07, 6.45) is 0. The summed E-state index contributed by atoms with van der Waals surface area (Å²) in [4.78, 5) is 0. The van der Waals surface area contributed by atoms with Crippen LogP contribution in [0.15, 0.2) is 18.2 Å². The van der Waals surface area contributed by atoms with Crippen LogP contribution in [0.2, 0.25) is 0 Å². The van der Waals surface area contributed by atoms with Gasteiger partial charge in [0.15, 0.2) is 0 Å². The van der Waals surface area contributed by atoms with Crippen LogP contribution >= 0.6 is 0 Å². The summed E-state index contributed by atoms with van der Waals surface area (Å²) >= 11 is 0. The smallest absolute Gasteiger partial charge is 0.101 e. The molecule has 1 aromatic carbocycles. The standard InChI is InChI=1S/C8H6N2Si/c9-4-6-1-2-8(11)3-7(6)5-10/h1-3H,11H3. The van der Waals surface area contributed by atoms with Gasteiger partial charge in [-0.2, -0.15) is 10.5 Å². The lowest BCUT2D eigenvalue weighted by Gasteiger charge is -1.94. The van der Waals surface area contributed by atoms with Crippen LogP contribution in [0, 0.1) is 22.7 Å². The molecule has 3 heteroatoms. The first-order valence-corrected chi connectivity index (χ1v) is 4.19. The van der Waals surface area contributed by atoms with Gasteiger partial charge in [-0.05, 0) is 12.1 Å². The lowest BCUT2D eigenvalue weighted by molar-refractivity contribution is 1.44. The summed E-state index contributed by atoms with van der Waals surface area (Å²) in [6, 6.07) is 9.30. The Kier molecular flexibility index (Phi) is 2.05. The van der Waals surface area contributed by atoms with Gasteiger partial charge in [-0.15, -0.1) is 0 Å². The molecule has 0 fully saturated rings. The molecule has 0 aliphatic rings. The molecule has 1 rings (SSSR count). The molecule has 0 heterocycles. The minimum Gasteiger partial charge on any atom is -0.192 e. The van der Waals surface area contributed by atoms with Crippen LogP contribution in [-0.2, 0) is 0 Å². The largest absolute Gasteiger partial charge is 0.192 e. The molecule has 52 valence electrons. The maximum absolute atomic E-state index is 8.59. The predicted octanol–water partition coefficient (Wildman–Crippen LogP) is -0.579. The Morgan fingerprint density at radius 1 is 1.09 bits per heavy atom. The number of rotatable bonds is 0. The van der Waals surface area contributed by atoms with Crippen LogP contribution in [0.3, 0.4) is 0 Å². The first-order chi connectivity index (χ1) is 5.27. The van der Waals surface area contributed by atoms with Crippen LogP contribution in [0.4, 0.5) is 0 Å². The molecule has 0 aromatic heterocycles. The Bertz CT molecular complexity index is 357. The summed E-state index contributed by atoms with van der Waals surface area (Å²) in [6.45, 7) is 0. The molecule has 0 aliphatic heterocycles. The van der Waals surface area contributed by atoms with Gasteiger partial charge in [0, 0.05) is 10.2 Å². The minimum absolute atomic E-state index is 0.465. The molecule has 11 heavy (non-hydrogen) atoms. The highest BCUT2D eigenvalue weighted by Gasteiger charge is 1.98. The van der Waals surface area contributed by atoms with Crippen molar-refractivity contribution in [2.45, 2.75) is 0 Å². The first-order valence-electron chi connectivity index (χ1n) is 3.19. The highest BCUT2D eigenvalue weighted by molar-refractivity contribution is 6.32. The van der Waals surface area contributed by atoms with Crippen molar-refractivity contribution < 1.29 is 0 Å². The maximum atomic E-state index is 8.59. The second kappa shape index (κ2) is 3.00. The van der Waals surface area contributed by atoms with E-state index in [2.05, 4.69) is 0 Å². The molecule has 0 aliphatic carbocycles. The summed E-state index contributed by atoms with van der Waals surface area (Å²) in [7, 11) is 0.917. The molecule has 0 spiro atoms. The van der Waals surface area contributed by atoms with Gasteiger partial charge < -0.3 is 0 Å². The molecule has 0 amide bonds. The number of hydrogen-bond donors (Lipinski definition) is 0. The van der Waals surface area contributed by atoms with E-state index in [9.17, 15) is 0 Å². The second-order valence-electron chi connectivity index (χ2n) is 2.27. The number of nitriles is 2. The zero-order valence-electron chi connectivity index (χ0n) is 6.13. The fourth-order valence-electron chi connectivity index (χ4n) is 0.848. The van der Waals surface area contributed by atoms with E-state index in [4.69, 9.17) is 10.5 Å². The van der Waals surface area contributed by atoms with Crippen LogP contribution < -0.4 is 5.19 Å². The molecule has 0 unspecified atom stereocenters. The van der Waals surface area contributed by atoms with Gasteiger partial charge in [0.1, 0.15) is 12.1 Å². The van der Waals surface area contributed by atoms with E-state index in [1.807, 2.05) is 18.2 Å². The maximum Gasteiger partial charge on any atom is 0.101 e. The third-order valence-electron chi connectivity index (χ3n) is 1.42. The monoisotopic (exact) mass is 158 g/mol. The molecular weight excluding hydrogens is 152 g/mol. The second-order valence-corrected chi connectivity index (χ2v) is 3.43. The molecular formula is C8H6N2Si. The Labute approximate surface area is 68.1 Å². The molecule has 1 aromatic rings. The molecule has 2 nitrogen and oxygen atoms in total. The zero-order valence-corrected chi connectivity index (χ0v) is 8.13. The first kappa shape index (κ1) is 7.52. The zero-order chi connectivity index (χ0) is 8.27. The number of hydrogen-bond acceptors (Lipinski definition) is 2. The summed E-state index contributed by atoms with van der Waals surface area (Å²) in [5.41, 5.74) is 0.951. The number of benzene rings is 1. The number of nitrogens with zero attached hydrogens (tertiary/aromatic N) is 2. The molecule has 0 saturated heterocycles. The van der Waals surface area contributed by atoms with Crippen LogP contribution in [-0.4, -0.2) is 10.2 Å². The van der Waals surface area contributed by atoms with Crippen LogP contribution in [0.5, 0.6) is 0 Å². The van der Waals surface area contributed by atoms with Gasteiger partial charge in [-0.3, -0.25) is 0 Å². The average molecular weight is 158 g/mol. The van der Waals surface area contributed by atoms with Gasteiger partial charge in [0.05, 0.1) is 11.1 Å². The van der Waals surface area contributed by atoms with Crippen molar-refractivity contribution in [1.82, 2.24) is 0 Å². The summed E-state index contributed by atoms with van der Waals surface area (Å²) in [5, 5.41) is 18.3. The highest BCUT2D eigenvalue weighted by atomic mass is 28.1. The lowest BCUT2D eigenvalue weighted by Crippen LogP contribution is -2.02. The van der Waals surface area contributed by atoms with Crippen molar-refractivity contribution in [2.24, 2.45) is 0 Å². The molecule has 0 atom stereocenters. The summed E-state index contributed by atoms with van der Waals surface area (Å²) in [5.74, 6) is 0. The molecule has 0 bridgehead atoms. The van der Waals surface area contributed by atoms with Crippen molar-refractivity contribution in [3.63, 3.8) is 0 Å². The molecule has 0 saturated carbocycles. The van der Waals surface area contributed by atoms with E-state index in [1.165, 1.54) is 0 Å². The third-order valence-corrected chi connectivity index (χ3v) is 2.04. The van der Waals surface area contributed by atoms with E-state index in [0.717, 1.165) is 15.4 Å². The third kappa shape index (κ3) is 1.46. The lowest BCUT2D eigenvalue weighted by atomic mass is 10.1. The van der Waals surface area contributed by atoms with Gasteiger partial charge in [-0.25, -0.2) is 0 Å². The Balaban J connectivity index is 3.34. The van der Waals surface area contributed by atoms with Crippen molar-refractivity contribution in [1.29, 1.82) is 10.5 Å². The van der Waals surface area contributed by atoms with Crippen molar-refractivity contribution in [2.75, 3.05) is 0 Å². The van der Waals surface area contributed by atoms with E-state index >= 15 is 0 Å². The average Bonchev–Trinajstić information content (AvgIpc) is 2.04. The van der Waals surface area contributed by atoms with E-state index < -0.39 is 0 Å². The van der Waals surface area contributed by atoms with Gasteiger partial charge in [0.25, 0.3) is 0 Å². The fourth-order valence-corrected chi connectivity index (χ4v) is 1.30. The Hall–Kier alpha value is -1.58.